The summed E-state index contributed by atoms with van der Waals surface area (Å²) in [6.45, 7) is 4.51. The lowest BCUT2D eigenvalue weighted by Gasteiger charge is -2.37. The van der Waals surface area contributed by atoms with E-state index in [1.807, 2.05) is 36.4 Å². The highest BCUT2D eigenvalue weighted by Crippen LogP contribution is 2.22. The minimum atomic E-state index is -0.539. The van der Waals surface area contributed by atoms with Crippen molar-refractivity contribution in [3.05, 3.63) is 61.2 Å². The molecule has 1 saturated heterocycles. The van der Waals surface area contributed by atoms with Gasteiger partial charge in [-0.1, -0.05) is 6.07 Å². The topological polar surface area (TPSA) is 75.9 Å². The van der Waals surface area contributed by atoms with E-state index in [9.17, 15) is 5.11 Å². The van der Waals surface area contributed by atoms with Crippen LogP contribution in [0.5, 0.6) is 11.5 Å². The fraction of sp³-hybridized carbons (Fsp3) is 0.364. The monoisotopic (exact) mass is 409 g/mol. The number of benzene rings is 2. The van der Waals surface area contributed by atoms with Crippen LogP contribution in [0.25, 0.3) is 5.69 Å². The Labute approximate surface area is 176 Å². The average Bonchev–Trinajstić information content (AvgIpc) is 3.34. The molecule has 0 bridgehead atoms. The number of nitrogens with zero attached hydrogens (tertiary/aromatic N) is 5. The number of aliphatic hydroxyl groups excluding tert-OH is 1. The van der Waals surface area contributed by atoms with E-state index in [1.54, 1.807) is 18.1 Å². The molecule has 4 rings (SSSR count). The lowest BCUT2D eigenvalue weighted by molar-refractivity contribution is 0.0663. The Kier molecular flexibility index (Phi) is 6.46. The van der Waals surface area contributed by atoms with Crippen molar-refractivity contribution in [2.75, 3.05) is 51.3 Å². The maximum Gasteiger partial charge on any atom is 0.138 e. The van der Waals surface area contributed by atoms with Crippen molar-refractivity contribution >= 4 is 5.69 Å². The van der Waals surface area contributed by atoms with Gasteiger partial charge in [0.05, 0.1) is 12.8 Å². The van der Waals surface area contributed by atoms with Crippen LogP contribution in [-0.2, 0) is 0 Å². The van der Waals surface area contributed by atoms with Crippen LogP contribution in [-0.4, -0.2) is 77.3 Å². The second-order valence-corrected chi connectivity index (χ2v) is 7.29. The van der Waals surface area contributed by atoms with Gasteiger partial charge in [-0.15, -0.1) is 0 Å². The number of aliphatic hydroxyl groups is 1. The molecule has 158 valence electrons. The Morgan fingerprint density at radius 2 is 1.80 bits per heavy atom. The molecule has 30 heavy (non-hydrogen) atoms. The van der Waals surface area contributed by atoms with Crippen molar-refractivity contribution in [3.8, 4) is 17.2 Å². The summed E-state index contributed by atoms with van der Waals surface area (Å²) in [6.07, 6.45) is 2.61. The molecule has 1 aliphatic rings. The number of hydrogen-bond donors (Lipinski definition) is 1. The smallest absolute Gasteiger partial charge is 0.138 e. The number of aromatic nitrogens is 3. The third-order valence-corrected chi connectivity index (χ3v) is 5.22. The number of anilines is 1. The van der Waals surface area contributed by atoms with Gasteiger partial charge in [-0.25, -0.2) is 9.67 Å². The van der Waals surface area contributed by atoms with Gasteiger partial charge in [-0.05, 0) is 36.4 Å². The van der Waals surface area contributed by atoms with Gasteiger partial charge in [-0.2, -0.15) is 5.10 Å². The van der Waals surface area contributed by atoms with E-state index in [0.717, 1.165) is 43.4 Å². The van der Waals surface area contributed by atoms with Gasteiger partial charge in [0.1, 0.15) is 36.9 Å². The molecule has 8 nitrogen and oxygen atoms in total. The predicted molar refractivity (Wildman–Crippen MR) is 115 cm³/mol. The van der Waals surface area contributed by atoms with Crippen molar-refractivity contribution in [2.45, 2.75) is 6.10 Å². The van der Waals surface area contributed by atoms with Crippen LogP contribution in [0.15, 0.2) is 61.2 Å². The summed E-state index contributed by atoms with van der Waals surface area (Å²) in [4.78, 5) is 8.56. The fourth-order valence-electron chi connectivity index (χ4n) is 3.58. The first-order chi connectivity index (χ1) is 14.7. The summed E-state index contributed by atoms with van der Waals surface area (Å²) >= 11 is 0. The van der Waals surface area contributed by atoms with Crippen molar-refractivity contribution < 1.29 is 14.6 Å². The molecule has 8 heteroatoms. The number of β-amino-alcohol motifs (C(OH)–C–C–N with tert-alkyl or cyclic N) is 1. The summed E-state index contributed by atoms with van der Waals surface area (Å²) < 4.78 is 12.8. The summed E-state index contributed by atoms with van der Waals surface area (Å²) in [5, 5.41) is 14.5. The quantitative estimate of drug-likeness (QED) is 0.608. The Morgan fingerprint density at radius 1 is 1.00 bits per heavy atom. The highest BCUT2D eigenvalue weighted by Gasteiger charge is 2.20. The van der Waals surface area contributed by atoms with E-state index in [1.165, 1.54) is 12.0 Å². The van der Waals surface area contributed by atoms with Crippen LogP contribution in [0.2, 0.25) is 0 Å². The Bertz CT molecular complexity index is 909. The van der Waals surface area contributed by atoms with Crippen LogP contribution < -0.4 is 14.4 Å². The van der Waals surface area contributed by atoms with Gasteiger partial charge >= 0.3 is 0 Å². The standard InChI is InChI=1S/C22H27N5O3/c1-29-22-4-2-3-19(13-22)26-11-9-25(10-12-26)14-20(28)15-30-21-7-5-18(6-8-21)27-17-23-16-24-27/h2-8,13,16-17,20,28H,9-12,14-15H2,1H3. The van der Waals surface area contributed by atoms with E-state index in [4.69, 9.17) is 9.47 Å². The molecule has 0 spiro atoms. The lowest BCUT2D eigenvalue weighted by atomic mass is 10.2. The molecule has 1 unspecified atom stereocenters. The molecule has 1 atom stereocenters. The fourth-order valence-corrected chi connectivity index (χ4v) is 3.58. The summed E-state index contributed by atoms with van der Waals surface area (Å²) in [5.41, 5.74) is 2.08. The normalized spacial score (nSPS) is 15.7. The Morgan fingerprint density at radius 3 is 2.50 bits per heavy atom. The van der Waals surface area contributed by atoms with Gasteiger partial charge in [0.2, 0.25) is 0 Å². The molecule has 1 aliphatic heterocycles. The van der Waals surface area contributed by atoms with Crippen LogP contribution in [0.3, 0.4) is 0 Å². The van der Waals surface area contributed by atoms with Crippen LogP contribution in [0.4, 0.5) is 5.69 Å². The van der Waals surface area contributed by atoms with Gasteiger partial charge in [0.25, 0.3) is 0 Å². The zero-order valence-corrected chi connectivity index (χ0v) is 17.1. The Hall–Kier alpha value is -3.10. The molecule has 3 aromatic rings. The molecule has 1 aromatic heterocycles. The number of rotatable bonds is 8. The number of hydrogen-bond acceptors (Lipinski definition) is 7. The summed E-state index contributed by atoms with van der Waals surface area (Å²) in [7, 11) is 1.69. The predicted octanol–water partition coefficient (Wildman–Crippen LogP) is 1.84. The SMILES string of the molecule is COc1cccc(N2CCN(CC(O)COc3ccc(-n4cncn4)cc3)CC2)c1. The molecule has 1 fully saturated rings. The second-order valence-electron chi connectivity index (χ2n) is 7.29. The molecule has 0 saturated carbocycles. The number of methoxy groups -OCH3 is 1. The largest absolute Gasteiger partial charge is 0.497 e. The van der Waals surface area contributed by atoms with Crippen molar-refractivity contribution in [1.82, 2.24) is 19.7 Å². The molecule has 2 aromatic carbocycles. The van der Waals surface area contributed by atoms with E-state index >= 15 is 0 Å². The third kappa shape index (κ3) is 5.08. The molecular formula is C22H27N5O3. The van der Waals surface area contributed by atoms with Crippen LogP contribution in [0, 0.1) is 0 Å². The van der Waals surface area contributed by atoms with E-state index in [2.05, 4.69) is 32.0 Å². The van der Waals surface area contributed by atoms with Crippen molar-refractivity contribution in [1.29, 1.82) is 0 Å². The lowest BCUT2D eigenvalue weighted by Crippen LogP contribution is -2.49. The second kappa shape index (κ2) is 9.60. The highest BCUT2D eigenvalue weighted by molar-refractivity contribution is 5.51. The van der Waals surface area contributed by atoms with Crippen molar-refractivity contribution in [2.24, 2.45) is 0 Å². The maximum absolute atomic E-state index is 10.4. The highest BCUT2D eigenvalue weighted by atomic mass is 16.5. The van der Waals surface area contributed by atoms with Gasteiger partial charge < -0.3 is 19.5 Å². The molecule has 1 N–H and O–H groups in total. The van der Waals surface area contributed by atoms with Gasteiger partial charge in [-0.3, -0.25) is 4.90 Å². The minimum Gasteiger partial charge on any atom is -0.497 e. The van der Waals surface area contributed by atoms with E-state index < -0.39 is 6.10 Å². The zero-order chi connectivity index (χ0) is 20.8. The maximum atomic E-state index is 10.4. The molecule has 0 amide bonds. The molecule has 0 aliphatic carbocycles. The number of piperazine rings is 1. The first-order valence-electron chi connectivity index (χ1n) is 10.1. The minimum absolute atomic E-state index is 0.263. The molecule has 0 radical (unpaired) electrons. The van der Waals surface area contributed by atoms with E-state index in [0.29, 0.717) is 6.54 Å². The molecule has 2 heterocycles. The van der Waals surface area contributed by atoms with E-state index in [-0.39, 0.29) is 6.61 Å². The Balaban J connectivity index is 1.21. The van der Waals surface area contributed by atoms with Crippen LogP contribution >= 0.6 is 0 Å². The van der Waals surface area contributed by atoms with Crippen LogP contribution in [0.1, 0.15) is 0 Å². The first kappa shape index (κ1) is 20.2. The summed E-state index contributed by atoms with van der Waals surface area (Å²) in [6, 6.07) is 15.7. The zero-order valence-electron chi connectivity index (χ0n) is 17.1. The van der Waals surface area contributed by atoms with Crippen molar-refractivity contribution in [3.63, 3.8) is 0 Å². The average molecular weight is 409 g/mol. The number of ether oxygens (including phenoxy) is 2. The first-order valence-corrected chi connectivity index (χ1v) is 10.1. The third-order valence-electron chi connectivity index (χ3n) is 5.22. The summed E-state index contributed by atoms with van der Waals surface area (Å²) in [5.74, 6) is 1.59. The molecular weight excluding hydrogens is 382 g/mol. The van der Waals surface area contributed by atoms with Gasteiger partial charge in [0, 0.05) is 44.5 Å². The van der Waals surface area contributed by atoms with Gasteiger partial charge in [0.15, 0.2) is 0 Å².